The van der Waals surface area contributed by atoms with Crippen molar-refractivity contribution in [3.8, 4) is 0 Å². The summed E-state index contributed by atoms with van der Waals surface area (Å²) in [6.45, 7) is 3.10. The molecule has 0 radical (unpaired) electrons. The summed E-state index contributed by atoms with van der Waals surface area (Å²) in [7, 11) is 2.04. The van der Waals surface area contributed by atoms with Crippen LogP contribution in [0.15, 0.2) is 24.5 Å². The van der Waals surface area contributed by atoms with E-state index < -0.39 is 0 Å². The van der Waals surface area contributed by atoms with E-state index in [9.17, 15) is 0 Å². The van der Waals surface area contributed by atoms with Crippen LogP contribution in [-0.4, -0.2) is 4.57 Å². The molecule has 2 aromatic rings. The fraction of sp³-hybridized carbons (Fsp3) is 0.300. The van der Waals surface area contributed by atoms with Gasteiger partial charge in [0.05, 0.1) is 13.6 Å². The zero-order valence-corrected chi connectivity index (χ0v) is 8.54. The van der Waals surface area contributed by atoms with Gasteiger partial charge in [0.1, 0.15) is 0 Å². The second-order valence-electron chi connectivity index (χ2n) is 3.15. The van der Waals surface area contributed by atoms with Crippen LogP contribution in [0.4, 0.5) is 0 Å². The predicted octanol–water partition coefficient (Wildman–Crippen LogP) is 2.14. The molecule has 2 nitrogen and oxygen atoms in total. The zero-order chi connectivity index (χ0) is 9.42. The molecule has 0 atom stereocenters. The number of halogens is 1. The van der Waals surface area contributed by atoms with Gasteiger partial charge in [-0.3, -0.25) is 0 Å². The quantitative estimate of drug-likeness (QED) is 0.617. The normalized spacial score (nSPS) is 11.0. The van der Waals surface area contributed by atoms with Gasteiger partial charge in [0.25, 0.3) is 0 Å². The molecule has 0 saturated heterocycles. The fourth-order valence-electron chi connectivity index (χ4n) is 1.61. The van der Waals surface area contributed by atoms with E-state index in [4.69, 9.17) is 11.6 Å². The van der Waals surface area contributed by atoms with E-state index in [-0.39, 0.29) is 0 Å². The molecule has 2 rings (SSSR count). The van der Waals surface area contributed by atoms with Crippen LogP contribution < -0.4 is 4.57 Å². The summed E-state index contributed by atoms with van der Waals surface area (Å²) in [4.78, 5) is 0. The first-order valence-corrected chi connectivity index (χ1v) is 4.74. The summed E-state index contributed by atoms with van der Waals surface area (Å²) < 4.78 is 4.29. The van der Waals surface area contributed by atoms with Crippen molar-refractivity contribution in [2.75, 3.05) is 0 Å². The van der Waals surface area contributed by atoms with Gasteiger partial charge in [0, 0.05) is 11.1 Å². The lowest BCUT2D eigenvalue weighted by molar-refractivity contribution is -0.645. The summed E-state index contributed by atoms with van der Waals surface area (Å²) in [6, 6.07) is 5.97. The molecule has 1 heterocycles. The van der Waals surface area contributed by atoms with Gasteiger partial charge in [0.2, 0.25) is 6.33 Å². The third kappa shape index (κ3) is 1.31. The van der Waals surface area contributed by atoms with Crippen molar-refractivity contribution < 1.29 is 4.57 Å². The van der Waals surface area contributed by atoms with E-state index in [1.165, 1.54) is 11.0 Å². The Balaban J connectivity index is 2.81. The van der Waals surface area contributed by atoms with Gasteiger partial charge in [-0.05, 0) is 19.1 Å². The van der Waals surface area contributed by atoms with Crippen LogP contribution in [0.3, 0.4) is 0 Å². The Kier molecular flexibility index (Phi) is 2.00. The maximum absolute atomic E-state index is 5.93. The van der Waals surface area contributed by atoms with Gasteiger partial charge >= 0.3 is 0 Å². The second kappa shape index (κ2) is 3.04. The minimum absolute atomic E-state index is 0.793. The van der Waals surface area contributed by atoms with Crippen LogP contribution in [0, 0.1) is 0 Å². The summed E-state index contributed by atoms with van der Waals surface area (Å²) >= 11 is 5.93. The Morgan fingerprint density at radius 2 is 2.23 bits per heavy atom. The van der Waals surface area contributed by atoms with Crippen molar-refractivity contribution in [3.63, 3.8) is 0 Å². The molecular weight excluding hydrogens is 184 g/mol. The number of hydrogen-bond acceptors (Lipinski definition) is 0. The van der Waals surface area contributed by atoms with E-state index in [0.29, 0.717) is 0 Å². The smallest absolute Gasteiger partial charge is 0.233 e. The lowest BCUT2D eigenvalue weighted by atomic mass is 10.3. The Bertz CT molecular complexity index is 445. The van der Waals surface area contributed by atoms with Crippen molar-refractivity contribution in [2.24, 2.45) is 7.05 Å². The molecule has 3 heteroatoms. The SMILES string of the molecule is CCn1c[n+](C)c2ccc(Cl)cc21. The molecule has 0 bridgehead atoms. The third-order valence-corrected chi connectivity index (χ3v) is 2.52. The van der Waals surface area contributed by atoms with E-state index in [0.717, 1.165) is 11.6 Å². The molecule has 1 aromatic carbocycles. The average Bonchev–Trinajstić information content (AvgIpc) is 2.42. The summed E-state index contributed by atoms with van der Waals surface area (Å²) in [5.41, 5.74) is 2.41. The largest absolute Gasteiger partial charge is 0.244 e. The van der Waals surface area contributed by atoms with Crippen molar-refractivity contribution in [3.05, 3.63) is 29.5 Å². The highest BCUT2D eigenvalue weighted by Gasteiger charge is 2.11. The van der Waals surface area contributed by atoms with Crippen LogP contribution >= 0.6 is 11.6 Å². The Morgan fingerprint density at radius 3 is 2.92 bits per heavy atom. The number of rotatable bonds is 1. The topological polar surface area (TPSA) is 8.81 Å². The number of hydrogen-bond donors (Lipinski definition) is 0. The van der Waals surface area contributed by atoms with Gasteiger partial charge in [-0.1, -0.05) is 11.6 Å². The standard InChI is InChI=1S/C10H12ClN2/c1-3-13-7-12(2)9-5-4-8(11)6-10(9)13/h4-7H,3H2,1-2H3/q+1. The van der Waals surface area contributed by atoms with Crippen LogP contribution in [0.1, 0.15) is 6.92 Å². The average molecular weight is 196 g/mol. The molecule has 68 valence electrons. The molecule has 0 aliphatic carbocycles. The van der Waals surface area contributed by atoms with Gasteiger partial charge in [0.15, 0.2) is 11.0 Å². The van der Waals surface area contributed by atoms with Crippen molar-refractivity contribution >= 4 is 22.6 Å². The molecule has 0 aliphatic rings. The first-order valence-electron chi connectivity index (χ1n) is 4.36. The number of aryl methyl sites for hydroxylation is 2. The van der Waals surface area contributed by atoms with Gasteiger partial charge < -0.3 is 0 Å². The molecule has 0 amide bonds. The second-order valence-corrected chi connectivity index (χ2v) is 3.58. The minimum Gasteiger partial charge on any atom is -0.233 e. The van der Waals surface area contributed by atoms with Crippen LogP contribution in [-0.2, 0) is 13.6 Å². The fourth-order valence-corrected chi connectivity index (χ4v) is 1.78. The molecule has 0 aliphatic heterocycles. The number of fused-ring (bicyclic) bond motifs is 1. The minimum atomic E-state index is 0.793. The Hall–Kier alpha value is -1.02. The van der Waals surface area contributed by atoms with E-state index >= 15 is 0 Å². The van der Waals surface area contributed by atoms with Gasteiger partial charge in [-0.15, -0.1) is 0 Å². The highest BCUT2D eigenvalue weighted by molar-refractivity contribution is 6.31. The maximum Gasteiger partial charge on any atom is 0.244 e. The van der Waals surface area contributed by atoms with Crippen molar-refractivity contribution in [2.45, 2.75) is 13.5 Å². The first-order chi connectivity index (χ1) is 6.22. The third-order valence-electron chi connectivity index (χ3n) is 2.28. The van der Waals surface area contributed by atoms with Crippen molar-refractivity contribution in [1.29, 1.82) is 0 Å². The maximum atomic E-state index is 5.93. The lowest BCUT2D eigenvalue weighted by Crippen LogP contribution is -2.25. The highest BCUT2D eigenvalue weighted by Crippen LogP contribution is 2.16. The number of nitrogens with zero attached hydrogens (tertiary/aromatic N) is 2. The Morgan fingerprint density at radius 1 is 1.46 bits per heavy atom. The first kappa shape index (κ1) is 8.57. The van der Waals surface area contributed by atoms with E-state index in [2.05, 4.69) is 22.4 Å². The van der Waals surface area contributed by atoms with Crippen LogP contribution in [0.5, 0.6) is 0 Å². The van der Waals surface area contributed by atoms with E-state index in [1.54, 1.807) is 0 Å². The highest BCUT2D eigenvalue weighted by atomic mass is 35.5. The molecular formula is C10H12ClN2+. The van der Waals surface area contributed by atoms with Crippen LogP contribution in [0.2, 0.25) is 5.02 Å². The molecule has 1 aromatic heterocycles. The van der Waals surface area contributed by atoms with E-state index in [1.807, 2.05) is 25.2 Å². The predicted molar refractivity (Wildman–Crippen MR) is 53.8 cm³/mol. The number of aromatic nitrogens is 2. The van der Waals surface area contributed by atoms with Gasteiger partial charge in [-0.25, -0.2) is 9.13 Å². The van der Waals surface area contributed by atoms with Crippen LogP contribution in [0.25, 0.3) is 11.0 Å². The molecule has 0 unspecified atom stereocenters. The monoisotopic (exact) mass is 195 g/mol. The lowest BCUT2D eigenvalue weighted by Gasteiger charge is -1.91. The number of imidazole rings is 1. The Labute approximate surface area is 82.4 Å². The summed E-state index contributed by atoms with van der Waals surface area (Å²) in [6.07, 6.45) is 2.08. The molecule has 13 heavy (non-hydrogen) atoms. The van der Waals surface area contributed by atoms with Crippen molar-refractivity contribution in [1.82, 2.24) is 4.57 Å². The molecule has 0 spiro atoms. The summed E-state index contributed by atoms with van der Waals surface area (Å²) in [5.74, 6) is 0. The molecule has 0 saturated carbocycles. The summed E-state index contributed by atoms with van der Waals surface area (Å²) in [5, 5.41) is 0.793. The van der Waals surface area contributed by atoms with Gasteiger partial charge in [-0.2, -0.15) is 0 Å². The molecule has 0 fully saturated rings. The molecule has 0 N–H and O–H groups in total. The zero-order valence-electron chi connectivity index (χ0n) is 7.79. The number of benzene rings is 1.